The average molecular weight is 781 g/mol. The van der Waals surface area contributed by atoms with Gasteiger partial charge in [-0.25, -0.2) is 0 Å². The molecule has 0 saturated heterocycles. The highest BCUT2D eigenvalue weighted by atomic mass is 15.1. The van der Waals surface area contributed by atoms with Crippen LogP contribution >= 0.6 is 0 Å². The Morgan fingerprint density at radius 3 is 1.72 bits per heavy atom. The molecule has 0 N–H and O–H groups in total. The van der Waals surface area contributed by atoms with E-state index in [0.29, 0.717) is 0 Å². The molecule has 11 rings (SSSR count). The van der Waals surface area contributed by atoms with E-state index in [1.54, 1.807) is 0 Å². The van der Waals surface area contributed by atoms with Gasteiger partial charge in [-0.3, -0.25) is 0 Å². The minimum atomic E-state index is 1.06. The van der Waals surface area contributed by atoms with Gasteiger partial charge in [0.25, 0.3) is 0 Å². The van der Waals surface area contributed by atoms with Gasteiger partial charge < -0.3 is 9.47 Å². The molecule has 0 radical (unpaired) electrons. The summed E-state index contributed by atoms with van der Waals surface area (Å²) in [6, 6.07) is 71.1. The van der Waals surface area contributed by atoms with E-state index in [2.05, 4.69) is 241 Å². The van der Waals surface area contributed by atoms with Gasteiger partial charge in [-0.2, -0.15) is 0 Å². The molecule has 9 aromatic carbocycles. The molecule has 1 aliphatic rings. The molecule has 1 heterocycles. The molecule has 61 heavy (non-hydrogen) atoms. The van der Waals surface area contributed by atoms with E-state index in [-0.39, 0.29) is 0 Å². The van der Waals surface area contributed by atoms with Crippen molar-refractivity contribution in [1.29, 1.82) is 0 Å². The topological polar surface area (TPSA) is 8.17 Å². The Kier molecular flexibility index (Phi) is 9.24. The average Bonchev–Trinajstić information content (AvgIpc) is 3.61. The first kappa shape index (κ1) is 36.4. The summed E-state index contributed by atoms with van der Waals surface area (Å²) in [7, 11) is 2.19. The number of nitrogens with zero attached hydrogens (tertiary/aromatic N) is 2. The van der Waals surface area contributed by atoms with Crippen LogP contribution in [0.2, 0.25) is 0 Å². The molecule has 1 aromatic heterocycles. The Balaban J connectivity index is 0.892. The quantitative estimate of drug-likeness (QED) is 0.139. The highest BCUT2D eigenvalue weighted by Gasteiger charge is 2.17. The Labute approximate surface area is 357 Å². The zero-order chi connectivity index (χ0) is 40.7. The molecule has 0 bridgehead atoms. The number of aryl methyl sites for hydroxylation is 1. The van der Waals surface area contributed by atoms with Crippen molar-refractivity contribution in [3.05, 3.63) is 229 Å². The second-order valence-electron chi connectivity index (χ2n) is 16.2. The largest absolute Gasteiger partial charge is 0.344 e. The summed E-state index contributed by atoms with van der Waals surface area (Å²) in [6.07, 6.45) is 13.5. The Bertz CT molecular complexity index is 3350. The monoisotopic (exact) mass is 780 g/mol. The minimum absolute atomic E-state index is 1.06. The zero-order valence-corrected chi connectivity index (χ0v) is 34.2. The van der Waals surface area contributed by atoms with Gasteiger partial charge in [-0.15, -0.1) is 0 Å². The van der Waals surface area contributed by atoms with Gasteiger partial charge in [0, 0.05) is 40.4 Å². The van der Waals surface area contributed by atoms with Crippen molar-refractivity contribution in [2.24, 2.45) is 7.05 Å². The van der Waals surface area contributed by atoms with Crippen LogP contribution in [-0.4, -0.2) is 4.57 Å². The molecular weight excluding hydrogens is 737 g/mol. The minimum Gasteiger partial charge on any atom is -0.344 e. The number of anilines is 2. The van der Waals surface area contributed by atoms with Crippen LogP contribution in [0.4, 0.5) is 11.4 Å². The van der Waals surface area contributed by atoms with Crippen LogP contribution in [0.1, 0.15) is 24.0 Å². The summed E-state index contributed by atoms with van der Waals surface area (Å²) < 4.78 is 2.34. The lowest BCUT2D eigenvalue weighted by Crippen LogP contribution is -2.16. The molecule has 0 spiro atoms. The number of hydrogen-bond acceptors (Lipinski definition) is 1. The van der Waals surface area contributed by atoms with E-state index in [1.807, 2.05) is 0 Å². The summed E-state index contributed by atoms with van der Waals surface area (Å²) in [5.41, 5.74) is 15.7. The smallest absolute Gasteiger partial charge is 0.0509 e. The summed E-state index contributed by atoms with van der Waals surface area (Å²) >= 11 is 0. The van der Waals surface area contributed by atoms with Crippen LogP contribution < -0.4 is 4.90 Å². The van der Waals surface area contributed by atoms with Crippen molar-refractivity contribution in [1.82, 2.24) is 4.57 Å². The van der Waals surface area contributed by atoms with E-state index in [9.17, 15) is 0 Å². The first-order chi connectivity index (χ1) is 30.1. The van der Waals surface area contributed by atoms with Gasteiger partial charge >= 0.3 is 0 Å². The lowest BCUT2D eigenvalue weighted by Gasteiger charge is -2.27. The standard InChI is InChI=1S/C59H44N2/c1-60-58-36-42(24-33-54(58)55-34-32-53(40-59(55)60)61(51-17-7-3-8-18-51)52-19-9-4-10-20-52)22-21-41-23-25-49-37-50(31-30-48(49)35-41)57-39-47-16-12-11-15-46(47)38-56(57)45-28-26-44(27-29-45)43-13-5-2-6-14-43/h2-3,5-9,11-40H,4,10H2,1H3/b22-21+. The zero-order valence-electron chi connectivity index (χ0n) is 34.2. The van der Waals surface area contributed by atoms with Gasteiger partial charge in [-0.1, -0.05) is 164 Å². The van der Waals surface area contributed by atoms with Crippen molar-refractivity contribution in [2.45, 2.75) is 12.8 Å². The summed E-state index contributed by atoms with van der Waals surface area (Å²) in [6.45, 7) is 0. The molecule has 0 amide bonds. The SMILES string of the molecule is Cn1c2cc(/C=C/c3ccc4cc(-c5cc6ccccc6cc5-c5ccc(-c6ccccc6)cc5)ccc4c3)ccc2c2ccc(N(C3=CCCC=C3)c3ccccc3)cc21. The number of hydrogen-bond donors (Lipinski definition) is 0. The van der Waals surface area contributed by atoms with Crippen LogP contribution in [0.15, 0.2) is 218 Å². The molecular formula is C59H44N2. The fraction of sp³-hybridized carbons (Fsp3) is 0.0508. The number of para-hydroxylation sites is 1. The van der Waals surface area contributed by atoms with Crippen molar-refractivity contribution in [3.63, 3.8) is 0 Å². The fourth-order valence-corrected chi connectivity index (χ4v) is 9.16. The van der Waals surface area contributed by atoms with Gasteiger partial charge in [0.1, 0.15) is 0 Å². The summed E-state index contributed by atoms with van der Waals surface area (Å²) in [5.74, 6) is 0. The van der Waals surface area contributed by atoms with Gasteiger partial charge in [0.05, 0.1) is 5.52 Å². The number of allylic oxidation sites excluding steroid dienone is 3. The summed E-state index contributed by atoms with van der Waals surface area (Å²) in [5, 5.41) is 7.48. The normalized spacial score (nSPS) is 12.8. The van der Waals surface area contributed by atoms with Crippen LogP contribution in [-0.2, 0) is 7.05 Å². The summed E-state index contributed by atoms with van der Waals surface area (Å²) in [4.78, 5) is 2.37. The fourth-order valence-electron chi connectivity index (χ4n) is 9.16. The Morgan fingerprint density at radius 2 is 0.984 bits per heavy atom. The first-order valence-corrected chi connectivity index (χ1v) is 21.3. The first-order valence-electron chi connectivity index (χ1n) is 21.3. The number of fused-ring (bicyclic) bond motifs is 5. The van der Waals surface area contributed by atoms with Crippen LogP contribution in [0.3, 0.4) is 0 Å². The molecule has 0 aliphatic heterocycles. The maximum Gasteiger partial charge on any atom is 0.0509 e. The van der Waals surface area contributed by atoms with Gasteiger partial charge in [-0.05, 0) is 140 Å². The van der Waals surface area contributed by atoms with Gasteiger partial charge in [0.15, 0.2) is 0 Å². The Morgan fingerprint density at radius 1 is 0.426 bits per heavy atom. The lowest BCUT2D eigenvalue weighted by molar-refractivity contribution is 0.995. The van der Waals surface area contributed by atoms with Crippen LogP contribution in [0.25, 0.3) is 88.9 Å². The van der Waals surface area contributed by atoms with Gasteiger partial charge in [0.2, 0.25) is 0 Å². The highest BCUT2D eigenvalue weighted by molar-refractivity contribution is 6.10. The Hall–Kier alpha value is -7.68. The third-order valence-electron chi connectivity index (χ3n) is 12.4. The molecule has 0 fully saturated rings. The predicted molar refractivity (Wildman–Crippen MR) is 262 cm³/mol. The highest BCUT2D eigenvalue weighted by Crippen LogP contribution is 2.39. The number of rotatable bonds is 8. The van der Waals surface area contributed by atoms with E-state index in [0.717, 1.165) is 18.5 Å². The second kappa shape index (κ2) is 15.5. The molecule has 0 atom stereocenters. The second-order valence-corrected chi connectivity index (χ2v) is 16.2. The predicted octanol–water partition coefficient (Wildman–Crippen LogP) is 16.2. The molecule has 0 unspecified atom stereocenters. The molecule has 0 saturated carbocycles. The van der Waals surface area contributed by atoms with Crippen LogP contribution in [0.5, 0.6) is 0 Å². The third-order valence-corrected chi connectivity index (χ3v) is 12.4. The maximum absolute atomic E-state index is 2.37. The van der Waals surface area contributed by atoms with E-state index < -0.39 is 0 Å². The molecule has 290 valence electrons. The number of aromatic nitrogens is 1. The van der Waals surface area contributed by atoms with E-state index in [4.69, 9.17) is 0 Å². The van der Waals surface area contributed by atoms with Crippen molar-refractivity contribution >= 4 is 66.9 Å². The molecule has 10 aromatic rings. The number of benzene rings is 9. The maximum atomic E-state index is 2.37. The van der Waals surface area contributed by atoms with Crippen LogP contribution in [0, 0.1) is 0 Å². The molecule has 1 aliphatic carbocycles. The van der Waals surface area contributed by atoms with Crippen molar-refractivity contribution < 1.29 is 0 Å². The lowest BCUT2D eigenvalue weighted by atomic mass is 9.90. The van der Waals surface area contributed by atoms with E-state index in [1.165, 1.54) is 99.2 Å². The van der Waals surface area contributed by atoms with Crippen molar-refractivity contribution in [2.75, 3.05) is 4.90 Å². The van der Waals surface area contributed by atoms with Crippen molar-refractivity contribution in [3.8, 4) is 33.4 Å². The molecule has 2 heteroatoms. The third kappa shape index (κ3) is 6.92. The van der Waals surface area contributed by atoms with E-state index >= 15 is 0 Å². The molecule has 2 nitrogen and oxygen atoms in total.